The van der Waals surface area contributed by atoms with E-state index in [2.05, 4.69) is 20.5 Å². The molecule has 2 aliphatic rings. The van der Waals surface area contributed by atoms with Crippen LogP contribution in [0.3, 0.4) is 0 Å². The predicted molar refractivity (Wildman–Crippen MR) is 106 cm³/mol. The van der Waals surface area contributed by atoms with Gasteiger partial charge in [-0.25, -0.2) is 14.3 Å². The molecule has 0 unspecified atom stereocenters. The summed E-state index contributed by atoms with van der Waals surface area (Å²) in [4.78, 5) is 25.8. The molecule has 1 aromatic carbocycles. The molecule has 9 heteroatoms. The van der Waals surface area contributed by atoms with Crippen LogP contribution >= 0.6 is 0 Å². The minimum atomic E-state index is -0.609. The van der Waals surface area contributed by atoms with Crippen LogP contribution in [0.5, 0.6) is 0 Å². The molecule has 2 amide bonds. The maximum absolute atomic E-state index is 11.3. The highest BCUT2D eigenvalue weighted by molar-refractivity contribution is 5.90. The Hall–Kier alpha value is -3.49. The number of hydrogen-bond acceptors (Lipinski definition) is 5. The van der Waals surface area contributed by atoms with Crippen LogP contribution in [0.2, 0.25) is 0 Å². The number of fused-ring (bicyclic) bond motifs is 1. The molecule has 29 heavy (non-hydrogen) atoms. The van der Waals surface area contributed by atoms with Crippen LogP contribution in [0.15, 0.2) is 42.7 Å². The van der Waals surface area contributed by atoms with Crippen molar-refractivity contribution >= 4 is 17.6 Å². The average molecular weight is 393 g/mol. The van der Waals surface area contributed by atoms with Gasteiger partial charge in [-0.1, -0.05) is 30.3 Å². The second kappa shape index (κ2) is 8.26. The van der Waals surface area contributed by atoms with Gasteiger partial charge in [-0.2, -0.15) is 5.10 Å². The van der Waals surface area contributed by atoms with Gasteiger partial charge < -0.3 is 11.1 Å². The van der Waals surface area contributed by atoms with Crippen LogP contribution in [0, 0.1) is 0 Å². The highest BCUT2D eigenvalue weighted by Crippen LogP contribution is 2.40. The number of nitrogens with one attached hydrogen (secondary N) is 1. The zero-order valence-corrected chi connectivity index (χ0v) is 16.0. The van der Waals surface area contributed by atoms with Gasteiger partial charge in [0.2, 0.25) is 11.7 Å². The number of carbonyl (C=O) groups excluding carboxylic acids is 2. The summed E-state index contributed by atoms with van der Waals surface area (Å²) < 4.78 is 3.51. The number of amides is 2. The molecular formula is C20H23N7O2. The first-order chi connectivity index (χ1) is 14.1. The Kier molecular flexibility index (Phi) is 5.37. The smallest absolute Gasteiger partial charge is 0.288 e. The Morgan fingerprint density at radius 1 is 1.21 bits per heavy atom. The van der Waals surface area contributed by atoms with Crippen molar-refractivity contribution in [2.45, 2.75) is 44.7 Å². The summed E-state index contributed by atoms with van der Waals surface area (Å²) in [5.41, 5.74) is 7.29. The van der Waals surface area contributed by atoms with E-state index in [9.17, 15) is 9.59 Å². The highest BCUT2D eigenvalue weighted by Gasteiger charge is 2.28. The van der Waals surface area contributed by atoms with Crippen LogP contribution in [-0.2, 0) is 17.9 Å². The minimum Gasteiger partial charge on any atom is -0.363 e. The Labute approximate surface area is 167 Å². The number of aromatic nitrogens is 5. The number of anilines is 1. The van der Waals surface area contributed by atoms with Crippen molar-refractivity contribution in [1.29, 1.82) is 0 Å². The van der Waals surface area contributed by atoms with E-state index in [0.29, 0.717) is 18.9 Å². The first kappa shape index (κ1) is 18.9. The zero-order chi connectivity index (χ0) is 20.2. The SMILES string of the molecule is NC(=O)c1ncn(Cc2ccccc2)n1.O=C1CCCn2nc(C3CC3)cc2N1. The lowest BCUT2D eigenvalue weighted by molar-refractivity contribution is -0.116. The number of aryl methyl sites for hydroxylation is 1. The van der Waals surface area contributed by atoms with E-state index >= 15 is 0 Å². The molecule has 3 N–H and O–H groups in total. The number of nitrogens with zero attached hydrogens (tertiary/aromatic N) is 5. The van der Waals surface area contributed by atoms with E-state index in [1.54, 1.807) is 4.68 Å². The Balaban J connectivity index is 0.000000141. The molecule has 0 radical (unpaired) electrons. The fourth-order valence-electron chi connectivity index (χ4n) is 3.14. The van der Waals surface area contributed by atoms with Crippen molar-refractivity contribution in [3.63, 3.8) is 0 Å². The van der Waals surface area contributed by atoms with Gasteiger partial charge in [-0.15, -0.1) is 5.10 Å². The topological polar surface area (TPSA) is 121 Å². The van der Waals surface area contributed by atoms with Crippen LogP contribution < -0.4 is 11.1 Å². The molecule has 3 aromatic rings. The second-order valence-electron chi connectivity index (χ2n) is 7.22. The number of rotatable bonds is 4. The van der Waals surface area contributed by atoms with Crippen molar-refractivity contribution < 1.29 is 9.59 Å². The van der Waals surface area contributed by atoms with Gasteiger partial charge >= 0.3 is 0 Å². The summed E-state index contributed by atoms with van der Waals surface area (Å²) in [5.74, 6) is 1.10. The normalized spacial score (nSPS) is 15.5. The van der Waals surface area contributed by atoms with Crippen LogP contribution in [0.1, 0.15) is 53.5 Å². The summed E-state index contributed by atoms with van der Waals surface area (Å²) in [6.07, 6.45) is 5.51. The van der Waals surface area contributed by atoms with E-state index in [4.69, 9.17) is 5.73 Å². The summed E-state index contributed by atoms with van der Waals surface area (Å²) in [5, 5.41) is 11.3. The Morgan fingerprint density at radius 3 is 2.69 bits per heavy atom. The molecular weight excluding hydrogens is 370 g/mol. The number of primary amides is 1. The fourth-order valence-corrected chi connectivity index (χ4v) is 3.14. The van der Waals surface area contributed by atoms with Crippen LogP contribution in [-0.4, -0.2) is 36.4 Å². The highest BCUT2D eigenvalue weighted by atomic mass is 16.2. The number of nitrogens with two attached hydrogens (primary N) is 1. The molecule has 0 atom stereocenters. The van der Waals surface area contributed by atoms with Crippen LogP contribution in [0.25, 0.3) is 0 Å². The molecule has 5 rings (SSSR count). The number of hydrogen-bond donors (Lipinski definition) is 2. The van der Waals surface area contributed by atoms with Gasteiger partial charge in [0.05, 0.1) is 12.2 Å². The molecule has 3 heterocycles. The zero-order valence-electron chi connectivity index (χ0n) is 16.0. The average Bonchev–Trinajstić information content (AvgIpc) is 3.38. The second-order valence-corrected chi connectivity index (χ2v) is 7.22. The standard InChI is InChI=1S/C10H10N4O.C10H13N3O/c11-9(15)10-12-7-14(13-10)6-8-4-2-1-3-5-8;14-10-2-1-5-13-9(11-10)6-8(12-13)7-3-4-7/h1-5,7H,6H2,(H2,11,15);6-7H,1-5H2,(H,11,14). The van der Waals surface area contributed by atoms with E-state index < -0.39 is 5.91 Å². The van der Waals surface area contributed by atoms with E-state index in [1.807, 2.05) is 41.1 Å². The molecule has 2 aromatic heterocycles. The van der Waals surface area contributed by atoms with E-state index in [-0.39, 0.29) is 11.7 Å². The molecule has 1 fully saturated rings. The first-order valence-corrected chi connectivity index (χ1v) is 9.69. The molecule has 0 saturated heterocycles. The summed E-state index contributed by atoms with van der Waals surface area (Å²) in [6, 6.07) is 11.8. The molecule has 1 aliphatic carbocycles. The van der Waals surface area contributed by atoms with Crippen molar-refractivity contribution in [3.8, 4) is 0 Å². The third-order valence-electron chi connectivity index (χ3n) is 4.78. The Morgan fingerprint density at radius 2 is 2.00 bits per heavy atom. The van der Waals surface area contributed by atoms with Gasteiger partial charge in [-0.3, -0.25) is 9.59 Å². The largest absolute Gasteiger partial charge is 0.363 e. The van der Waals surface area contributed by atoms with Crippen molar-refractivity contribution in [1.82, 2.24) is 24.5 Å². The van der Waals surface area contributed by atoms with Crippen LogP contribution in [0.4, 0.5) is 5.82 Å². The number of benzene rings is 1. The Bertz CT molecular complexity index is 1010. The van der Waals surface area contributed by atoms with Gasteiger partial charge in [0.15, 0.2) is 0 Å². The van der Waals surface area contributed by atoms with Crippen molar-refractivity contribution in [2.75, 3.05) is 5.32 Å². The quantitative estimate of drug-likeness (QED) is 0.701. The molecule has 0 spiro atoms. The van der Waals surface area contributed by atoms with E-state index in [0.717, 1.165) is 30.0 Å². The minimum absolute atomic E-state index is 0.0472. The van der Waals surface area contributed by atoms with Gasteiger partial charge in [0.25, 0.3) is 5.91 Å². The monoisotopic (exact) mass is 393 g/mol. The molecule has 0 bridgehead atoms. The van der Waals surface area contributed by atoms with Gasteiger partial charge in [-0.05, 0) is 24.8 Å². The van der Waals surface area contributed by atoms with Gasteiger partial charge in [0, 0.05) is 24.9 Å². The predicted octanol–water partition coefficient (Wildman–Crippen LogP) is 1.92. The maximum Gasteiger partial charge on any atom is 0.288 e. The van der Waals surface area contributed by atoms with Crippen molar-refractivity contribution in [3.05, 3.63) is 59.8 Å². The summed E-state index contributed by atoms with van der Waals surface area (Å²) in [6.45, 7) is 1.45. The fraction of sp³-hybridized carbons (Fsp3) is 0.350. The molecule has 1 saturated carbocycles. The third-order valence-corrected chi connectivity index (χ3v) is 4.78. The molecule has 150 valence electrons. The lowest BCUT2D eigenvalue weighted by Crippen LogP contribution is -2.13. The lowest BCUT2D eigenvalue weighted by Gasteiger charge is -1.99. The van der Waals surface area contributed by atoms with Crippen molar-refractivity contribution in [2.24, 2.45) is 5.73 Å². The molecule has 9 nitrogen and oxygen atoms in total. The third kappa shape index (κ3) is 4.87. The summed E-state index contributed by atoms with van der Waals surface area (Å²) in [7, 11) is 0. The van der Waals surface area contributed by atoms with E-state index in [1.165, 1.54) is 19.2 Å². The number of carbonyl (C=O) groups is 2. The first-order valence-electron chi connectivity index (χ1n) is 9.69. The lowest BCUT2D eigenvalue weighted by atomic mass is 10.2. The summed E-state index contributed by atoms with van der Waals surface area (Å²) >= 11 is 0. The van der Waals surface area contributed by atoms with Gasteiger partial charge in [0.1, 0.15) is 12.1 Å². The molecule has 1 aliphatic heterocycles. The maximum atomic E-state index is 11.3.